The lowest BCUT2D eigenvalue weighted by Crippen LogP contribution is -2.46. The van der Waals surface area contributed by atoms with Crippen LogP contribution in [-0.2, 0) is 19.6 Å². The van der Waals surface area contributed by atoms with Gasteiger partial charge in [0.15, 0.2) is 6.10 Å². The Bertz CT molecular complexity index is 825. The lowest BCUT2D eigenvalue weighted by Gasteiger charge is -2.23. The predicted octanol–water partition coefficient (Wildman–Crippen LogP) is 1.60. The van der Waals surface area contributed by atoms with Crippen LogP contribution in [0.25, 0.3) is 0 Å². The Morgan fingerprint density at radius 1 is 1.22 bits per heavy atom. The third-order valence-corrected chi connectivity index (χ3v) is 5.28. The van der Waals surface area contributed by atoms with Gasteiger partial charge in [-0.3, -0.25) is 4.79 Å². The predicted molar refractivity (Wildman–Crippen MR) is 99.1 cm³/mol. The third-order valence-electron chi connectivity index (χ3n) is 3.74. The Balaban J connectivity index is 2.19. The minimum absolute atomic E-state index is 0.0161. The topological polar surface area (TPSA) is 111 Å². The molecular formula is C18H26N2O6S. The Labute approximate surface area is 159 Å². The highest BCUT2D eigenvalue weighted by Gasteiger charge is 2.31. The van der Waals surface area contributed by atoms with E-state index in [-0.39, 0.29) is 22.3 Å². The number of methoxy groups -OCH3 is 1. The third kappa shape index (κ3) is 5.93. The Hall–Kier alpha value is -2.13. The molecule has 1 aromatic carbocycles. The van der Waals surface area contributed by atoms with Gasteiger partial charge in [0, 0.05) is 11.6 Å². The van der Waals surface area contributed by atoms with E-state index >= 15 is 0 Å². The van der Waals surface area contributed by atoms with Crippen molar-refractivity contribution < 1.29 is 27.5 Å². The van der Waals surface area contributed by atoms with E-state index in [2.05, 4.69) is 10.0 Å². The van der Waals surface area contributed by atoms with Crippen molar-refractivity contribution in [2.24, 2.45) is 0 Å². The van der Waals surface area contributed by atoms with E-state index < -0.39 is 33.5 Å². The molecule has 27 heavy (non-hydrogen) atoms. The van der Waals surface area contributed by atoms with Crippen LogP contribution in [0.3, 0.4) is 0 Å². The van der Waals surface area contributed by atoms with Gasteiger partial charge in [-0.15, -0.1) is 0 Å². The highest BCUT2D eigenvalue weighted by atomic mass is 32.2. The second kappa shape index (κ2) is 7.85. The normalized spacial score (nSPS) is 15.7. The summed E-state index contributed by atoms with van der Waals surface area (Å²) in [5.74, 6) is -1.11. The highest BCUT2D eigenvalue weighted by Crippen LogP contribution is 2.28. The Kier molecular flexibility index (Phi) is 6.16. The first kappa shape index (κ1) is 21.2. The number of hydrogen-bond donors (Lipinski definition) is 2. The quantitative estimate of drug-likeness (QED) is 0.675. The molecule has 0 saturated heterocycles. The average Bonchev–Trinajstić information content (AvgIpc) is 3.35. The van der Waals surface area contributed by atoms with Gasteiger partial charge >= 0.3 is 5.97 Å². The first-order valence-electron chi connectivity index (χ1n) is 8.66. The van der Waals surface area contributed by atoms with Crippen molar-refractivity contribution in [2.45, 2.75) is 63.1 Å². The number of benzene rings is 1. The molecule has 0 aliphatic heterocycles. The van der Waals surface area contributed by atoms with Crippen LogP contribution in [-0.4, -0.2) is 45.1 Å². The molecule has 2 rings (SSSR count). The summed E-state index contributed by atoms with van der Waals surface area (Å²) in [6.45, 7) is 6.89. The number of carbonyl (C=O) groups is 2. The maximum absolute atomic E-state index is 12.5. The molecule has 1 fully saturated rings. The molecule has 1 saturated carbocycles. The average molecular weight is 398 g/mol. The minimum Gasteiger partial charge on any atom is -0.495 e. The van der Waals surface area contributed by atoms with Crippen molar-refractivity contribution in [1.29, 1.82) is 0 Å². The molecule has 0 heterocycles. The van der Waals surface area contributed by atoms with Crippen LogP contribution in [0.15, 0.2) is 23.1 Å². The summed E-state index contributed by atoms with van der Waals surface area (Å²) in [4.78, 5) is 24.3. The fourth-order valence-electron chi connectivity index (χ4n) is 2.25. The molecule has 2 N–H and O–H groups in total. The van der Waals surface area contributed by atoms with Gasteiger partial charge in [-0.05, 0) is 58.7 Å². The van der Waals surface area contributed by atoms with Gasteiger partial charge in [0.2, 0.25) is 10.0 Å². The Morgan fingerprint density at radius 2 is 1.85 bits per heavy atom. The lowest BCUT2D eigenvalue weighted by atomic mass is 10.1. The van der Waals surface area contributed by atoms with E-state index in [1.54, 1.807) is 0 Å². The van der Waals surface area contributed by atoms with Gasteiger partial charge in [0.1, 0.15) is 10.6 Å². The summed E-state index contributed by atoms with van der Waals surface area (Å²) in [7, 11) is -2.48. The molecule has 1 aromatic rings. The maximum atomic E-state index is 12.5. The van der Waals surface area contributed by atoms with Crippen LogP contribution in [0.5, 0.6) is 5.75 Å². The van der Waals surface area contributed by atoms with Crippen molar-refractivity contribution in [2.75, 3.05) is 7.11 Å². The summed E-state index contributed by atoms with van der Waals surface area (Å²) in [6.07, 6.45) is 0.538. The van der Waals surface area contributed by atoms with E-state index in [1.165, 1.54) is 32.2 Å². The molecule has 8 nitrogen and oxygen atoms in total. The molecule has 0 bridgehead atoms. The molecule has 0 unspecified atom stereocenters. The SMILES string of the molecule is COc1ccc(C(=O)O[C@@H](C)C(=O)NC(C)(C)C)cc1S(=O)(=O)NC1CC1. The summed E-state index contributed by atoms with van der Waals surface area (Å²) in [5.41, 5.74) is -0.449. The Morgan fingerprint density at radius 3 is 2.37 bits per heavy atom. The fraction of sp³-hybridized carbons (Fsp3) is 0.556. The summed E-state index contributed by atoms with van der Waals surface area (Å²) >= 11 is 0. The summed E-state index contributed by atoms with van der Waals surface area (Å²) in [5, 5.41) is 2.72. The first-order chi connectivity index (χ1) is 12.4. The largest absolute Gasteiger partial charge is 0.495 e. The summed E-state index contributed by atoms with van der Waals surface area (Å²) < 4.78 is 37.9. The fourth-order valence-corrected chi connectivity index (χ4v) is 3.75. The molecule has 1 aliphatic carbocycles. The molecule has 0 spiro atoms. The van der Waals surface area contributed by atoms with Crippen LogP contribution < -0.4 is 14.8 Å². The van der Waals surface area contributed by atoms with E-state index in [1.807, 2.05) is 20.8 Å². The lowest BCUT2D eigenvalue weighted by molar-refractivity contribution is -0.130. The van der Waals surface area contributed by atoms with Crippen LogP contribution in [0.1, 0.15) is 50.9 Å². The number of sulfonamides is 1. The van der Waals surface area contributed by atoms with Crippen molar-refractivity contribution in [1.82, 2.24) is 10.0 Å². The maximum Gasteiger partial charge on any atom is 0.338 e. The monoisotopic (exact) mass is 398 g/mol. The smallest absolute Gasteiger partial charge is 0.338 e. The van der Waals surface area contributed by atoms with Gasteiger partial charge in [0.25, 0.3) is 5.91 Å². The van der Waals surface area contributed by atoms with E-state index in [0.29, 0.717) is 0 Å². The number of carbonyl (C=O) groups excluding carboxylic acids is 2. The van der Waals surface area contributed by atoms with Crippen molar-refractivity contribution in [3.8, 4) is 5.75 Å². The molecular weight excluding hydrogens is 372 g/mol. The highest BCUT2D eigenvalue weighted by molar-refractivity contribution is 7.89. The van der Waals surface area contributed by atoms with Crippen molar-refractivity contribution in [3.05, 3.63) is 23.8 Å². The number of ether oxygens (including phenoxy) is 2. The van der Waals surface area contributed by atoms with Crippen molar-refractivity contribution >= 4 is 21.9 Å². The zero-order valence-corrected chi connectivity index (χ0v) is 17.0. The molecule has 0 aromatic heterocycles. The minimum atomic E-state index is -3.83. The molecule has 1 amide bonds. The van der Waals surface area contributed by atoms with E-state index in [0.717, 1.165) is 12.8 Å². The molecule has 1 aliphatic rings. The van der Waals surface area contributed by atoms with Crippen LogP contribution in [0.2, 0.25) is 0 Å². The number of amides is 1. The molecule has 1 atom stereocenters. The van der Waals surface area contributed by atoms with E-state index in [9.17, 15) is 18.0 Å². The number of esters is 1. The number of hydrogen-bond acceptors (Lipinski definition) is 6. The van der Waals surface area contributed by atoms with Gasteiger partial charge in [0.05, 0.1) is 12.7 Å². The number of rotatable bonds is 7. The van der Waals surface area contributed by atoms with Gasteiger partial charge in [-0.2, -0.15) is 0 Å². The van der Waals surface area contributed by atoms with Gasteiger partial charge in [-0.25, -0.2) is 17.9 Å². The second-order valence-corrected chi connectivity index (χ2v) is 9.23. The standard InChI is InChI=1S/C18H26N2O6S/c1-11(16(21)19-18(2,3)4)26-17(22)12-6-9-14(25-5)15(10-12)27(23,24)20-13-7-8-13/h6,9-11,13,20H,7-8H2,1-5H3,(H,19,21)/t11-/m0/s1. The molecule has 9 heteroatoms. The van der Waals surface area contributed by atoms with Gasteiger partial charge in [-0.1, -0.05) is 0 Å². The zero-order chi connectivity index (χ0) is 20.4. The van der Waals surface area contributed by atoms with Crippen LogP contribution in [0, 0.1) is 0 Å². The zero-order valence-electron chi connectivity index (χ0n) is 16.2. The van der Waals surface area contributed by atoms with Crippen LogP contribution in [0.4, 0.5) is 0 Å². The first-order valence-corrected chi connectivity index (χ1v) is 10.1. The van der Waals surface area contributed by atoms with Crippen LogP contribution >= 0.6 is 0 Å². The van der Waals surface area contributed by atoms with Crippen molar-refractivity contribution in [3.63, 3.8) is 0 Å². The second-order valence-electron chi connectivity index (χ2n) is 7.55. The number of nitrogens with one attached hydrogen (secondary N) is 2. The summed E-state index contributed by atoms with van der Waals surface area (Å²) in [6, 6.07) is 3.89. The van der Waals surface area contributed by atoms with E-state index in [4.69, 9.17) is 9.47 Å². The molecule has 0 radical (unpaired) electrons. The van der Waals surface area contributed by atoms with Gasteiger partial charge < -0.3 is 14.8 Å². The molecule has 150 valence electrons.